The number of rotatable bonds is 5. The van der Waals surface area contributed by atoms with Crippen LogP contribution < -0.4 is 10.2 Å². The number of alkyl halides is 5. The molecule has 0 unspecified atom stereocenters. The van der Waals surface area contributed by atoms with E-state index in [4.69, 9.17) is 0 Å². The summed E-state index contributed by atoms with van der Waals surface area (Å²) < 4.78 is 66.6. The van der Waals surface area contributed by atoms with Gasteiger partial charge in [-0.25, -0.2) is 18.7 Å². The van der Waals surface area contributed by atoms with Crippen molar-refractivity contribution in [1.29, 1.82) is 0 Å². The highest BCUT2D eigenvalue weighted by atomic mass is 19.4. The van der Waals surface area contributed by atoms with Crippen molar-refractivity contribution in [2.24, 2.45) is 0 Å². The van der Waals surface area contributed by atoms with Crippen molar-refractivity contribution >= 4 is 17.5 Å². The highest BCUT2D eigenvalue weighted by Gasteiger charge is 2.47. The first-order valence-corrected chi connectivity index (χ1v) is 8.21. The number of carbonyl (C=O) groups is 1. The summed E-state index contributed by atoms with van der Waals surface area (Å²) in [5.41, 5.74) is 0. The molecule has 2 aliphatic rings. The smallest absolute Gasteiger partial charge is 0.358 e. The fourth-order valence-corrected chi connectivity index (χ4v) is 2.98. The molecule has 0 aliphatic carbocycles. The highest BCUT2D eigenvalue weighted by Crippen LogP contribution is 2.31. The van der Waals surface area contributed by atoms with Crippen molar-refractivity contribution in [2.75, 3.05) is 29.9 Å². The van der Waals surface area contributed by atoms with Crippen molar-refractivity contribution in [3.63, 3.8) is 0 Å². The molecule has 1 aromatic rings. The van der Waals surface area contributed by atoms with Crippen LogP contribution in [-0.2, 0) is 9.53 Å². The van der Waals surface area contributed by atoms with Gasteiger partial charge in [-0.3, -0.25) is 9.53 Å². The zero-order chi connectivity index (χ0) is 20.0. The van der Waals surface area contributed by atoms with Crippen molar-refractivity contribution < 1.29 is 31.5 Å². The summed E-state index contributed by atoms with van der Waals surface area (Å²) in [5, 5.41) is 2.82. The van der Waals surface area contributed by atoms with Gasteiger partial charge in [-0.1, -0.05) is 0 Å². The SMILES string of the molecule is C[C@@H](Nc1cc(N2CC(F)(F)C2)ncn1)C(=O)N1C[C@H](OC(F)(F)F)[C@@H]1C. The molecule has 150 valence electrons. The van der Waals surface area contributed by atoms with Crippen LogP contribution in [-0.4, -0.2) is 70.9 Å². The number of nitrogens with one attached hydrogen (secondary N) is 1. The second-order valence-corrected chi connectivity index (χ2v) is 6.67. The molecule has 1 aromatic heterocycles. The van der Waals surface area contributed by atoms with E-state index in [0.29, 0.717) is 5.82 Å². The lowest BCUT2D eigenvalue weighted by Gasteiger charge is -2.46. The third-order valence-corrected chi connectivity index (χ3v) is 4.53. The van der Waals surface area contributed by atoms with Crippen molar-refractivity contribution in [1.82, 2.24) is 14.9 Å². The standard InChI is InChI=1S/C15H18F5N5O2/c1-8(13(26)25-4-10(9(25)2)27-15(18,19)20)23-11-3-12(22-7-21-11)24-5-14(16,17)6-24/h3,7-10H,4-6H2,1-2H3,(H,21,22,23)/t8-,9+,10+/m1/s1. The first-order chi connectivity index (χ1) is 12.5. The minimum atomic E-state index is -4.75. The van der Waals surface area contributed by atoms with Crippen LogP contribution in [0.1, 0.15) is 13.8 Å². The van der Waals surface area contributed by atoms with Gasteiger partial charge in [0.15, 0.2) is 0 Å². The summed E-state index contributed by atoms with van der Waals surface area (Å²) in [4.78, 5) is 22.9. The van der Waals surface area contributed by atoms with Gasteiger partial charge >= 0.3 is 6.36 Å². The van der Waals surface area contributed by atoms with Crippen molar-refractivity contribution in [2.45, 2.75) is 44.3 Å². The summed E-state index contributed by atoms with van der Waals surface area (Å²) in [6.07, 6.45) is -4.66. The van der Waals surface area contributed by atoms with E-state index in [1.54, 1.807) is 0 Å². The Kier molecular flexibility index (Phi) is 4.87. The molecule has 3 heterocycles. The van der Waals surface area contributed by atoms with E-state index in [1.165, 1.54) is 36.0 Å². The molecule has 1 N–H and O–H groups in total. The van der Waals surface area contributed by atoms with Crippen LogP contribution in [0.2, 0.25) is 0 Å². The molecular formula is C15H18F5N5O2. The minimum Gasteiger partial charge on any atom is -0.358 e. The van der Waals surface area contributed by atoms with E-state index in [0.717, 1.165) is 0 Å². The van der Waals surface area contributed by atoms with Crippen LogP contribution in [0.3, 0.4) is 0 Å². The third-order valence-electron chi connectivity index (χ3n) is 4.53. The Morgan fingerprint density at radius 3 is 2.59 bits per heavy atom. The normalized spacial score (nSPS) is 25.4. The molecule has 0 aromatic carbocycles. The molecule has 0 saturated carbocycles. The molecule has 1 amide bonds. The summed E-state index contributed by atoms with van der Waals surface area (Å²) in [5.74, 6) is -2.61. The summed E-state index contributed by atoms with van der Waals surface area (Å²) in [6.45, 7) is 1.96. The van der Waals surface area contributed by atoms with Crippen LogP contribution in [0.4, 0.5) is 33.6 Å². The molecule has 3 rings (SSSR count). The Labute approximate surface area is 151 Å². The number of carbonyl (C=O) groups excluding carboxylic acids is 1. The second-order valence-electron chi connectivity index (χ2n) is 6.67. The second kappa shape index (κ2) is 6.73. The fourth-order valence-electron chi connectivity index (χ4n) is 2.98. The van der Waals surface area contributed by atoms with E-state index in [-0.39, 0.29) is 12.4 Å². The number of halogens is 5. The van der Waals surface area contributed by atoms with E-state index >= 15 is 0 Å². The van der Waals surface area contributed by atoms with Gasteiger partial charge in [-0.05, 0) is 13.8 Å². The van der Waals surface area contributed by atoms with E-state index < -0.39 is 49.5 Å². The largest absolute Gasteiger partial charge is 0.522 e. The maximum absolute atomic E-state index is 13.0. The zero-order valence-corrected chi connectivity index (χ0v) is 14.5. The molecule has 0 spiro atoms. The van der Waals surface area contributed by atoms with Gasteiger partial charge in [0.2, 0.25) is 5.91 Å². The first kappa shape index (κ1) is 19.5. The topological polar surface area (TPSA) is 70.6 Å². The van der Waals surface area contributed by atoms with Crippen LogP contribution >= 0.6 is 0 Å². The number of aromatic nitrogens is 2. The molecule has 7 nitrogen and oxygen atoms in total. The number of likely N-dealkylation sites (tertiary alicyclic amines) is 1. The average molecular weight is 395 g/mol. The van der Waals surface area contributed by atoms with Crippen LogP contribution in [0, 0.1) is 0 Å². The first-order valence-electron chi connectivity index (χ1n) is 8.21. The third kappa shape index (κ3) is 4.37. The quantitative estimate of drug-likeness (QED) is 0.768. The summed E-state index contributed by atoms with van der Waals surface area (Å²) in [6, 6.07) is -0.0544. The van der Waals surface area contributed by atoms with Gasteiger partial charge < -0.3 is 15.1 Å². The molecule has 27 heavy (non-hydrogen) atoms. The van der Waals surface area contributed by atoms with Gasteiger partial charge in [-0.2, -0.15) is 0 Å². The number of amides is 1. The molecular weight excluding hydrogens is 377 g/mol. The van der Waals surface area contributed by atoms with Crippen LogP contribution in [0.5, 0.6) is 0 Å². The Balaban J connectivity index is 1.55. The monoisotopic (exact) mass is 395 g/mol. The minimum absolute atomic E-state index is 0.163. The predicted octanol–water partition coefficient (Wildman–Crippen LogP) is 1.87. The molecule has 0 bridgehead atoms. The molecule has 12 heteroatoms. The number of ether oxygens (including phenoxy) is 1. The van der Waals surface area contributed by atoms with E-state index in [9.17, 15) is 26.7 Å². The Hall–Kier alpha value is -2.24. The summed E-state index contributed by atoms with van der Waals surface area (Å²) in [7, 11) is 0. The molecule has 2 saturated heterocycles. The molecule has 3 atom stereocenters. The van der Waals surface area contributed by atoms with Crippen LogP contribution in [0.25, 0.3) is 0 Å². The lowest BCUT2D eigenvalue weighted by molar-refractivity contribution is -0.359. The average Bonchev–Trinajstić information content (AvgIpc) is 2.54. The van der Waals surface area contributed by atoms with Gasteiger partial charge in [0, 0.05) is 12.6 Å². The van der Waals surface area contributed by atoms with Crippen LogP contribution in [0.15, 0.2) is 12.4 Å². The lowest BCUT2D eigenvalue weighted by Crippen LogP contribution is -2.64. The molecule has 2 fully saturated rings. The molecule has 0 radical (unpaired) electrons. The van der Waals surface area contributed by atoms with Gasteiger partial charge in [0.25, 0.3) is 5.92 Å². The number of hydrogen-bond acceptors (Lipinski definition) is 6. The number of hydrogen-bond donors (Lipinski definition) is 1. The highest BCUT2D eigenvalue weighted by molar-refractivity contribution is 5.85. The van der Waals surface area contributed by atoms with E-state index in [2.05, 4.69) is 20.0 Å². The zero-order valence-electron chi connectivity index (χ0n) is 14.5. The van der Waals surface area contributed by atoms with Gasteiger partial charge in [0.1, 0.15) is 30.1 Å². The Morgan fingerprint density at radius 1 is 1.37 bits per heavy atom. The van der Waals surface area contributed by atoms with Crippen molar-refractivity contribution in [3.05, 3.63) is 12.4 Å². The van der Waals surface area contributed by atoms with E-state index in [1.807, 2.05) is 0 Å². The fraction of sp³-hybridized carbons (Fsp3) is 0.667. The number of anilines is 2. The predicted molar refractivity (Wildman–Crippen MR) is 84.4 cm³/mol. The van der Waals surface area contributed by atoms with Gasteiger partial charge in [-0.15, -0.1) is 13.2 Å². The number of nitrogens with zero attached hydrogens (tertiary/aromatic N) is 4. The maximum Gasteiger partial charge on any atom is 0.522 e. The molecule has 2 aliphatic heterocycles. The van der Waals surface area contributed by atoms with Crippen molar-refractivity contribution in [3.8, 4) is 0 Å². The lowest BCUT2D eigenvalue weighted by atomic mass is 10.00. The summed E-state index contributed by atoms with van der Waals surface area (Å²) >= 11 is 0. The van der Waals surface area contributed by atoms with Gasteiger partial charge in [0.05, 0.1) is 19.1 Å². The Bertz CT molecular complexity index is 708. The Morgan fingerprint density at radius 2 is 2.04 bits per heavy atom. The maximum atomic E-state index is 13.0.